The molecule has 0 saturated carbocycles. The molecule has 0 aliphatic rings. The minimum Gasteiger partial charge on any atom is -0.399 e. The van der Waals surface area contributed by atoms with Crippen molar-refractivity contribution in [3.63, 3.8) is 0 Å². The number of nitrogens with zero attached hydrogens (tertiary/aromatic N) is 2. The van der Waals surface area contributed by atoms with Crippen molar-refractivity contribution in [3.05, 3.63) is 24.0 Å². The van der Waals surface area contributed by atoms with Crippen LogP contribution < -0.4 is 5.73 Å². The molecule has 1 heterocycles. The molecule has 0 aliphatic heterocycles. The molecule has 0 fully saturated rings. The van der Waals surface area contributed by atoms with Crippen LogP contribution >= 0.6 is 0 Å². The fourth-order valence-electron chi connectivity index (χ4n) is 2.39. The summed E-state index contributed by atoms with van der Waals surface area (Å²) in [6.07, 6.45) is 2.56. The first-order valence-electron chi connectivity index (χ1n) is 7.65. The highest BCUT2D eigenvalue weighted by Crippen LogP contribution is 2.23. The van der Waals surface area contributed by atoms with E-state index in [1.807, 2.05) is 18.2 Å². The zero-order valence-corrected chi connectivity index (χ0v) is 12.9. The summed E-state index contributed by atoms with van der Waals surface area (Å²) in [5.74, 6) is 0.684. The molecule has 1 aromatic carbocycles. The molecule has 21 heavy (non-hydrogen) atoms. The van der Waals surface area contributed by atoms with E-state index >= 15 is 0 Å². The summed E-state index contributed by atoms with van der Waals surface area (Å²) < 4.78 is 7.65. The number of aryl methyl sites for hydroxylation is 1. The molecule has 116 valence electrons. The van der Waals surface area contributed by atoms with Crippen molar-refractivity contribution in [2.75, 3.05) is 18.9 Å². The first-order valence-corrected chi connectivity index (χ1v) is 7.65. The third kappa shape index (κ3) is 3.95. The van der Waals surface area contributed by atoms with Crippen LogP contribution in [0, 0.1) is 0 Å². The van der Waals surface area contributed by atoms with Gasteiger partial charge >= 0.3 is 0 Å². The normalized spacial score (nSPS) is 12.9. The number of aliphatic hydroxyl groups excluding tert-OH is 1. The van der Waals surface area contributed by atoms with Crippen molar-refractivity contribution in [2.24, 2.45) is 0 Å². The molecular formula is C16H25N3O2. The first-order chi connectivity index (χ1) is 10.1. The number of hydrogen-bond acceptors (Lipinski definition) is 4. The van der Waals surface area contributed by atoms with Crippen LogP contribution in [0.25, 0.3) is 11.0 Å². The lowest BCUT2D eigenvalue weighted by Crippen LogP contribution is -2.09. The number of rotatable bonds is 8. The Balaban J connectivity index is 2.08. The van der Waals surface area contributed by atoms with Crippen molar-refractivity contribution in [1.29, 1.82) is 0 Å². The maximum atomic E-state index is 9.90. The Kier molecular flexibility index (Phi) is 5.59. The molecule has 0 amide bonds. The SMILES string of the molecule is CCCCOCCCn1c(C(C)O)nc2cc(N)ccc21. The van der Waals surface area contributed by atoms with Crippen molar-refractivity contribution < 1.29 is 9.84 Å². The van der Waals surface area contributed by atoms with Gasteiger partial charge in [0, 0.05) is 25.4 Å². The summed E-state index contributed by atoms with van der Waals surface area (Å²) >= 11 is 0. The van der Waals surface area contributed by atoms with E-state index in [1.54, 1.807) is 6.92 Å². The van der Waals surface area contributed by atoms with Gasteiger partial charge in [-0.3, -0.25) is 0 Å². The predicted octanol–water partition coefficient (Wildman–Crippen LogP) is 2.88. The Morgan fingerprint density at radius 1 is 1.33 bits per heavy atom. The summed E-state index contributed by atoms with van der Waals surface area (Å²) in [5, 5.41) is 9.90. The Hall–Kier alpha value is -1.59. The van der Waals surface area contributed by atoms with Crippen molar-refractivity contribution >= 4 is 16.7 Å². The Labute approximate surface area is 125 Å². The lowest BCUT2D eigenvalue weighted by molar-refractivity contribution is 0.124. The minimum atomic E-state index is -0.598. The first kappa shape index (κ1) is 15.8. The van der Waals surface area contributed by atoms with Gasteiger partial charge in [-0.15, -0.1) is 0 Å². The molecule has 2 aromatic rings. The third-order valence-electron chi connectivity index (χ3n) is 3.49. The average Bonchev–Trinajstić information content (AvgIpc) is 2.80. The Morgan fingerprint density at radius 2 is 2.10 bits per heavy atom. The van der Waals surface area contributed by atoms with Crippen molar-refractivity contribution in [1.82, 2.24) is 9.55 Å². The molecule has 5 heteroatoms. The van der Waals surface area contributed by atoms with Gasteiger partial charge in [0.15, 0.2) is 0 Å². The van der Waals surface area contributed by atoms with E-state index in [4.69, 9.17) is 10.5 Å². The van der Waals surface area contributed by atoms with Crippen LogP contribution in [0.3, 0.4) is 0 Å². The van der Waals surface area contributed by atoms with Crippen LogP contribution in [0.2, 0.25) is 0 Å². The van der Waals surface area contributed by atoms with Gasteiger partial charge in [0.2, 0.25) is 0 Å². The van der Waals surface area contributed by atoms with Crippen LogP contribution in [-0.2, 0) is 11.3 Å². The van der Waals surface area contributed by atoms with Crippen LogP contribution in [0.1, 0.15) is 45.0 Å². The molecule has 2 rings (SSSR count). The van der Waals surface area contributed by atoms with E-state index < -0.39 is 6.10 Å². The summed E-state index contributed by atoms with van der Waals surface area (Å²) in [5.41, 5.74) is 8.32. The van der Waals surface area contributed by atoms with Gasteiger partial charge in [-0.1, -0.05) is 13.3 Å². The maximum absolute atomic E-state index is 9.90. The van der Waals surface area contributed by atoms with Crippen LogP contribution in [-0.4, -0.2) is 27.9 Å². The van der Waals surface area contributed by atoms with Gasteiger partial charge in [0.05, 0.1) is 11.0 Å². The van der Waals surface area contributed by atoms with Crippen molar-refractivity contribution in [2.45, 2.75) is 45.8 Å². The molecule has 0 aliphatic carbocycles. The molecule has 0 bridgehead atoms. The van der Waals surface area contributed by atoms with E-state index in [0.29, 0.717) is 11.5 Å². The van der Waals surface area contributed by atoms with E-state index in [9.17, 15) is 5.11 Å². The second-order valence-corrected chi connectivity index (χ2v) is 5.37. The molecule has 0 spiro atoms. The van der Waals surface area contributed by atoms with Crippen LogP contribution in [0.5, 0.6) is 0 Å². The van der Waals surface area contributed by atoms with Gasteiger partial charge in [-0.25, -0.2) is 4.98 Å². The number of nitrogen functional groups attached to an aromatic ring is 1. The van der Waals surface area contributed by atoms with Gasteiger partial charge in [-0.05, 0) is 38.0 Å². The quantitative estimate of drug-likeness (QED) is 0.579. The third-order valence-corrected chi connectivity index (χ3v) is 3.49. The molecule has 5 nitrogen and oxygen atoms in total. The monoisotopic (exact) mass is 291 g/mol. The number of fused-ring (bicyclic) bond motifs is 1. The number of ether oxygens (including phenoxy) is 1. The predicted molar refractivity (Wildman–Crippen MR) is 85.1 cm³/mol. The molecule has 0 saturated heterocycles. The zero-order valence-electron chi connectivity index (χ0n) is 12.9. The van der Waals surface area contributed by atoms with Crippen LogP contribution in [0.15, 0.2) is 18.2 Å². The highest BCUT2D eigenvalue weighted by atomic mass is 16.5. The largest absolute Gasteiger partial charge is 0.399 e. The number of aromatic nitrogens is 2. The van der Waals surface area contributed by atoms with E-state index in [1.165, 1.54) is 0 Å². The average molecular weight is 291 g/mol. The standard InChI is InChI=1S/C16H25N3O2/c1-3-4-9-21-10-5-8-19-15-7-6-13(17)11-14(15)18-16(19)12(2)20/h6-7,11-12,20H,3-5,8-10,17H2,1-2H3. The molecule has 0 radical (unpaired) electrons. The highest BCUT2D eigenvalue weighted by molar-refractivity contribution is 5.79. The van der Waals surface area contributed by atoms with E-state index in [0.717, 1.165) is 50.1 Å². The number of unbranched alkanes of at least 4 members (excludes halogenated alkanes) is 1. The number of hydrogen-bond donors (Lipinski definition) is 2. The molecular weight excluding hydrogens is 266 g/mol. The topological polar surface area (TPSA) is 73.3 Å². The Morgan fingerprint density at radius 3 is 2.81 bits per heavy atom. The highest BCUT2D eigenvalue weighted by Gasteiger charge is 2.14. The van der Waals surface area contributed by atoms with E-state index in [2.05, 4.69) is 16.5 Å². The zero-order chi connectivity index (χ0) is 15.2. The number of anilines is 1. The number of aliphatic hydroxyl groups is 1. The smallest absolute Gasteiger partial charge is 0.138 e. The molecule has 1 unspecified atom stereocenters. The summed E-state index contributed by atoms with van der Waals surface area (Å²) in [6.45, 7) is 6.22. The molecule has 1 atom stereocenters. The summed E-state index contributed by atoms with van der Waals surface area (Å²) in [7, 11) is 0. The van der Waals surface area contributed by atoms with Gasteiger partial charge in [0.1, 0.15) is 11.9 Å². The van der Waals surface area contributed by atoms with Crippen molar-refractivity contribution in [3.8, 4) is 0 Å². The number of benzene rings is 1. The fourth-order valence-corrected chi connectivity index (χ4v) is 2.39. The minimum absolute atomic E-state index is 0.598. The van der Waals surface area contributed by atoms with Crippen LogP contribution in [0.4, 0.5) is 5.69 Å². The Bertz CT molecular complexity index is 578. The van der Waals surface area contributed by atoms with Gasteiger partial charge in [-0.2, -0.15) is 0 Å². The lowest BCUT2D eigenvalue weighted by Gasteiger charge is -2.11. The fraction of sp³-hybridized carbons (Fsp3) is 0.562. The second kappa shape index (κ2) is 7.43. The lowest BCUT2D eigenvalue weighted by atomic mass is 10.3. The van der Waals surface area contributed by atoms with Gasteiger partial charge < -0.3 is 20.1 Å². The summed E-state index contributed by atoms with van der Waals surface area (Å²) in [6, 6.07) is 5.67. The molecule has 1 aromatic heterocycles. The number of nitrogens with two attached hydrogens (primary N) is 1. The summed E-state index contributed by atoms with van der Waals surface area (Å²) in [4.78, 5) is 4.49. The van der Waals surface area contributed by atoms with Gasteiger partial charge in [0.25, 0.3) is 0 Å². The second-order valence-electron chi connectivity index (χ2n) is 5.37. The molecule has 3 N–H and O–H groups in total. The maximum Gasteiger partial charge on any atom is 0.138 e. The van der Waals surface area contributed by atoms with E-state index in [-0.39, 0.29) is 0 Å². The number of imidazole rings is 1.